The zero-order chi connectivity index (χ0) is 13.5. The predicted octanol–water partition coefficient (Wildman–Crippen LogP) is 1.86. The van der Waals surface area contributed by atoms with Gasteiger partial charge in [0.2, 0.25) is 0 Å². The normalized spacial score (nSPS) is 21.6. The molecule has 19 heavy (non-hydrogen) atoms. The van der Waals surface area contributed by atoms with Gasteiger partial charge >= 0.3 is 0 Å². The van der Waals surface area contributed by atoms with Crippen LogP contribution in [0.2, 0.25) is 0 Å². The highest BCUT2D eigenvalue weighted by atomic mass is 16.3. The van der Waals surface area contributed by atoms with Crippen molar-refractivity contribution in [2.75, 3.05) is 5.73 Å². The Morgan fingerprint density at radius 2 is 2.32 bits per heavy atom. The Hall–Kier alpha value is -1.81. The molecule has 0 amide bonds. The fourth-order valence-corrected chi connectivity index (χ4v) is 2.99. The standard InChI is InChI=1S/C15H19N3O/c1-2-18-8-7-17-14(18)10-15(19)6-5-11-9-12(16)3-4-13(11)15/h3-4,7-9,19H,2,5-6,10,16H2,1H3. The number of nitrogen functional groups attached to an aromatic ring is 1. The van der Waals surface area contributed by atoms with Gasteiger partial charge in [0, 0.05) is 31.0 Å². The van der Waals surface area contributed by atoms with Crippen molar-refractivity contribution in [3.8, 4) is 0 Å². The molecule has 0 saturated carbocycles. The maximum atomic E-state index is 10.9. The van der Waals surface area contributed by atoms with Gasteiger partial charge < -0.3 is 15.4 Å². The van der Waals surface area contributed by atoms with Gasteiger partial charge in [0.25, 0.3) is 0 Å². The summed E-state index contributed by atoms with van der Waals surface area (Å²) in [6.07, 6.45) is 5.93. The van der Waals surface area contributed by atoms with Crippen molar-refractivity contribution >= 4 is 5.69 Å². The Morgan fingerprint density at radius 1 is 1.47 bits per heavy atom. The molecule has 1 aliphatic carbocycles. The summed E-state index contributed by atoms with van der Waals surface area (Å²) in [5.41, 5.74) is 7.93. The van der Waals surface area contributed by atoms with Crippen LogP contribution in [0.4, 0.5) is 5.69 Å². The van der Waals surface area contributed by atoms with E-state index in [2.05, 4.69) is 16.5 Å². The molecule has 0 bridgehead atoms. The minimum atomic E-state index is -0.804. The fraction of sp³-hybridized carbons (Fsp3) is 0.400. The van der Waals surface area contributed by atoms with Gasteiger partial charge in [-0.2, -0.15) is 0 Å². The molecule has 0 fully saturated rings. The minimum Gasteiger partial charge on any atom is -0.399 e. The highest BCUT2D eigenvalue weighted by Gasteiger charge is 2.37. The lowest BCUT2D eigenvalue weighted by Crippen LogP contribution is -2.27. The Labute approximate surface area is 112 Å². The summed E-state index contributed by atoms with van der Waals surface area (Å²) in [6, 6.07) is 5.79. The van der Waals surface area contributed by atoms with E-state index < -0.39 is 5.60 Å². The molecule has 3 rings (SSSR count). The number of nitrogens with two attached hydrogens (primary N) is 1. The van der Waals surface area contributed by atoms with Crippen LogP contribution >= 0.6 is 0 Å². The molecule has 2 aromatic rings. The average molecular weight is 257 g/mol. The van der Waals surface area contributed by atoms with Crippen LogP contribution in [-0.2, 0) is 25.0 Å². The van der Waals surface area contributed by atoms with Gasteiger partial charge in [-0.25, -0.2) is 4.98 Å². The van der Waals surface area contributed by atoms with Gasteiger partial charge in [0.1, 0.15) is 5.82 Å². The molecular weight excluding hydrogens is 238 g/mol. The number of rotatable bonds is 3. The first kappa shape index (κ1) is 12.2. The number of aryl methyl sites for hydroxylation is 2. The number of fused-ring (bicyclic) bond motifs is 1. The Bertz CT molecular complexity index is 605. The van der Waals surface area contributed by atoms with E-state index in [-0.39, 0.29) is 0 Å². The van der Waals surface area contributed by atoms with Crippen molar-refractivity contribution < 1.29 is 5.11 Å². The minimum absolute atomic E-state index is 0.560. The molecule has 1 unspecified atom stereocenters. The van der Waals surface area contributed by atoms with Gasteiger partial charge in [0.15, 0.2) is 0 Å². The number of hydrogen-bond donors (Lipinski definition) is 2. The molecule has 0 aliphatic heterocycles. The van der Waals surface area contributed by atoms with E-state index in [0.717, 1.165) is 42.0 Å². The van der Waals surface area contributed by atoms with E-state index >= 15 is 0 Å². The molecule has 0 spiro atoms. The number of anilines is 1. The van der Waals surface area contributed by atoms with Gasteiger partial charge in [-0.1, -0.05) is 6.07 Å². The molecule has 4 nitrogen and oxygen atoms in total. The van der Waals surface area contributed by atoms with Crippen LogP contribution in [0, 0.1) is 0 Å². The maximum absolute atomic E-state index is 10.9. The third-order valence-corrected chi connectivity index (χ3v) is 4.03. The zero-order valence-corrected chi connectivity index (χ0v) is 11.1. The molecule has 1 aliphatic rings. The van der Waals surface area contributed by atoms with Gasteiger partial charge in [-0.3, -0.25) is 0 Å². The first-order chi connectivity index (χ1) is 9.12. The lowest BCUT2D eigenvalue weighted by atomic mass is 9.92. The van der Waals surface area contributed by atoms with Crippen LogP contribution in [0.5, 0.6) is 0 Å². The van der Waals surface area contributed by atoms with Crippen molar-refractivity contribution in [2.24, 2.45) is 0 Å². The smallest absolute Gasteiger partial charge is 0.111 e. The molecule has 1 aromatic carbocycles. The second kappa shape index (κ2) is 4.38. The Kier molecular flexibility index (Phi) is 2.82. The van der Waals surface area contributed by atoms with E-state index in [0.29, 0.717) is 6.42 Å². The summed E-state index contributed by atoms with van der Waals surface area (Å²) in [5, 5.41) is 10.9. The van der Waals surface area contributed by atoms with E-state index in [1.807, 2.05) is 24.4 Å². The third kappa shape index (κ3) is 2.02. The first-order valence-corrected chi connectivity index (χ1v) is 6.73. The molecule has 0 saturated heterocycles. The summed E-state index contributed by atoms with van der Waals surface area (Å²) in [5.74, 6) is 0.940. The van der Waals surface area contributed by atoms with Crippen molar-refractivity contribution in [2.45, 2.75) is 38.3 Å². The second-order valence-electron chi connectivity index (χ2n) is 5.25. The predicted molar refractivity (Wildman–Crippen MR) is 74.7 cm³/mol. The quantitative estimate of drug-likeness (QED) is 0.825. The van der Waals surface area contributed by atoms with Crippen LogP contribution in [0.25, 0.3) is 0 Å². The van der Waals surface area contributed by atoms with Crippen molar-refractivity contribution in [1.29, 1.82) is 0 Å². The molecule has 1 heterocycles. The number of benzene rings is 1. The molecule has 1 atom stereocenters. The summed E-state index contributed by atoms with van der Waals surface area (Å²) < 4.78 is 2.08. The largest absolute Gasteiger partial charge is 0.399 e. The molecular formula is C15H19N3O. The van der Waals surface area contributed by atoms with Gasteiger partial charge in [-0.15, -0.1) is 0 Å². The Morgan fingerprint density at radius 3 is 3.11 bits per heavy atom. The molecule has 1 aromatic heterocycles. The van der Waals surface area contributed by atoms with E-state index in [9.17, 15) is 5.11 Å². The SMILES string of the molecule is CCn1ccnc1CC1(O)CCc2cc(N)ccc21. The van der Waals surface area contributed by atoms with Crippen molar-refractivity contribution in [3.05, 3.63) is 47.5 Å². The summed E-state index contributed by atoms with van der Waals surface area (Å²) in [4.78, 5) is 4.36. The molecule has 4 heteroatoms. The molecule has 100 valence electrons. The van der Waals surface area contributed by atoms with Crippen LogP contribution < -0.4 is 5.73 Å². The molecule has 3 N–H and O–H groups in total. The van der Waals surface area contributed by atoms with E-state index in [1.54, 1.807) is 6.20 Å². The number of nitrogens with zero attached hydrogens (tertiary/aromatic N) is 2. The lowest BCUT2D eigenvalue weighted by Gasteiger charge is -2.24. The van der Waals surface area contributed by atoms with Crippen LogP contribution in [0.15, 0.2) is 30.6 Å². The number of aromatic nitrogens is 2. The third-order valence-electron chi connectivity index (χ3n) is 4.03. The Balaban J connectivity index is 1.94. The lowest BCUT2D eigenvalue weighted by molar-refractivity contribution is 0.0361. The maximum Gasteiger partial charge on any atom is 0.111 e. The second-order valence-corrected chi connectivity index (χ2v) is 5.25. The zero-order valence-electron chi connectivity index (χ0n) is 11.1. The summed E-state index contributed by atoms with van der Waals surface area (Å²) in [7, 11) is 0. The van der Waals surface area contributed by atoms with Gasteiger partial charge in [0.05, 0.1) is 5.60 Å². The monoisotopic (exact) mass is 257 g/mol. The summed E-state index contributed by atoms with van der Waals surface area (Å²) >= 11 is 0. The highest BCUT2D eigenvalue weighted by molar-refractivity contribution is 5.49. The average Bonchev–Trinajstić information content (AvgIpc) is 2.95. The number of imidazole rings is 1. The number of hydrogen-bond acceptors (Lipinski definition) is 3. The van der Waals surface area contributed by atoms with Crippen LogP contribution in [0.3, 0.4) is 0 Å². The van der Waals surface area contributed by atoms with Crippen LogP contribution in [-0.4, -0.2) is 14.7 Å². The van der Waals surface area contributed by atoms with Crippen molar-refractivity contribution in [3.63, 3.8) is 0 Å². The summed E-state index contributed by atoms with van der Waals surface area (Å²) in [6.45, 7) is 2.96. The van der Waals surface area contributed by atoms with Crippen molar-refractivity contribution in [1.82, 2.24) is 9.55 Å². The number of aliphatic hydroxyl groups is 1. The van der Waals surface area contributed by atoms with E-state index in [1.165, 1.54) is 0 Å². The highest BCUT2D eigenvalue weighted by Crippen LogP contribution is 2.39. The topological polar surface area (TPSA) is 64.1 Å². The molecule has 0 radical (unpaired) electrons. The fourth-order valence-electron chi connectivity index (χ4n) is 2.99. The van der Waals surface area contributed by atoms with E-state index in [4.69, 9.17) is 5.73 Å². The van der Waals surface area contributed by atoms with Crippen LogP contribution in [0.1, 0.15) is 30.3 Å². The van der Waals surface area contributed by atoms with Gasteiger partial charge in [-0.05, 0) is 43.0 Å². The first-order valence-electron chi connectivity index (χ1n) is 6.73.